The van der Waals surface area contributed by atoms with E-state index in [1.807, 2.05) is 32.9 Å². The van der Waals surface area contributed by atoms with Crippen LogP contribution in [0.2, 0.25) is 0 Å². The Hall–Kier alpha value is -1.57. The van der Waals surface area contributed by atoms with Gasteiger partial charge in [-0.15, -0.1) is 0 Å². The highest BCUT2D eigenvalue weighted by Gasteiger charge is 2.68. The fourth-order valence-corrected chi connectivity index (χ4v) is 5.91. The van der Waals surface area contributed by atoms with Crippen molar-refractivity contribution in [2.24, 2.45) is 23.0 Å². The number of nitrogens with two attached hydrogens (primary N) is 1. The van der Waals surface area contributed by atoms with Crippen LogP contribution in [-0.2, 0) is 20.5 Å². The zero-order valence-electron chi connectivity index (χ0n) is 19.9. The van der Waals surface area contributed by atoms with Gasteiger partial charge in [-0.2, -0.15) is 0 Å². The standard InChI is InChI=1S/C24H36BNO5/c1-22(2,3)29-21(27)16-10-8-9-14(20(16)28-7)11-19(26)25-30-18-13-15-12-17(23(15,4)5)24(18,6)31-25/h8-10,15,17-19H,11-13,26H2,1-7H3/t15-,17-,18+,19?,24-/m0/s1. The molecule has 0 radical (unpaired) electrons. The van der Waals surface area contributed by atoms with E-state index < -0.39 is 18.7 Å². The van der Waals surface area contributed by atoms with Crippen LogP contribution >= 0.6 is 0 Å². The number of ether oxygens (including phenoxy) is 2. The van der Waals surface area contributed by atoms with Crippen molar-refractivity contribution in [3.63, 3.8) is 0 Å². The van der Waals surface area contributed by atoms with E-state index in [0.717, 1.165) is 12.0 Å². The van der Waals surface area contributed by atoms with E-state index >= 15 is 0 Å². The average molecular weight is 429 g/mol. The first-order valence-corrected chi connectivity index (χ1v) is 11.3. The molecule has 1 unspecified atom stereocenters. The molecule has 7 heteroatoms. The third-order valence-electron chi connectivity index (χ3n) is 7.69. The number of methoxy groups -OCH3 is 1. The van der Waals surface area contributed by atoms with Crippen molar-refractivity contribution in [1.29, 1.82) is 0 Å². The third-order valence-corrected chi connectivity index (χ3v) is 7.69. The maximum Gasteiger partial charge on any atom is 0.475 e. The normalized spacial score (nSPS) is 32.1. The molecule has 1 saturated heterocycles. The van der Waals surface area contributed by atoms with E-state index in [9.17, 15) is 4.79 Å². The number of benzene rings is 1. The van der Waals surface area contributed by atoms with Crippen molar-refractivity contribution in [2.75, 3.05) is 7.11 Å². The molecule has 1 aromatic rings. The molecule has 6 nitrogen and oxygen atoms in total. The third kappa shape index (κ3) is 3.79. The van der Waals surface area contributed by atoms with Crippen LogP contribution in [0.15, 0.2) is 18.2 Å². The van der Waals surface area contributed by atoms with E-state index in [1.54, 1.807) is 13.2 Å². The summed E-state index contributed by atoms with van der Waals surface area (Å²) in [6.07, 6.45) is 2.80. The second kappa shape index (κ2) is 7.50. The summed E-state index contributed by atoms with van der Waals surface area (Å²) < 4.78 is 24.0. The van der Waals surface area contributed by atoms with Crippen molar-refractivity contribution in [1.82, 2.24) is 0 Å². The van der Waals surface area contributed by atoms with E-state index in [0.29, 0.717) is 35.0 Å². The van der Waals surface area contributed by atoms with Crippen LogP contribution in [0.4, 0.5) is 0 Å². The monoisotopic (exact) mass is 429 g/mol. The zero-order valence-corrected chi connectivity index (χ0v) is 19.9. The first-order valence-electron chi connectivity index (χ1n) is 11.3. The minimum absolute atomic E-state index is 0.0929. The van der Waals surface area contributed by atoms with Gasteiger partial charge < -0.3 is 24.5 Å². The smallest absolute Gasteiger partial charge is 0.475 e. The highest BCUT2D eigenvalue weighted by atomic mass is 16.7. The van der Waals surface area contributed by atoms with Crippen LogP contribution in [0.1, 0.15) is 70.3 Å². The van der Waals surface area contributed by atoms with Gasteiger partial charge in [0.05, 0.1) is 18.8 Å². The van der Waals surface area contributed by atoms with Crippen LogP contribution in [0.5, 0.6) is 5.75 Å². The largest absolute Gasteiger partial charge is 0.496 e. The molecular formula is C24H36BNO5. The average Bonchev–Trinajstić information content (AvgIpc) is 3.03. The van der Waals surface area contributed by atoms with Gasteiger partial charge in [0, 0.05) is 5.94 Å². The molecule has 4 fully saturated rings. The van der Waals surface area contributed by atoms with Crippen molar-refractivity contribution in [3.8, 4) is 5.75 Å². The Morgan fingerprint density at radius 2 is 2.00 bits per heavy atom. The summed E-state index contributed by atoms with van der Waals surface area (Å²) in [7, 11) is 1.09. The lowest BCUT2D eigenvalue weighted by Crippen LogP contribution is -2.65. The minimum atomic E-state index is -0.583. The maximum absolute atomic E-state index is 12.7. The summed E-state index contributed by atoms with van der Waals surface area (Å²) in [5.41, 5.74) is 7.24. The van der Waals surface area contributed by atoms with E-state index in [1.165, 1.54) is 6.42 Å². The molecule has 4 aliphatic rings. The molecule has 31 heavy (non-hydrogen) atoms. The summed E-state index contributed by atoms with van der Waals surface area (Å²) in [6, 6.07) is 5.48. The molecule has 2 bridgehead atoms. The lowest BCUT2D eigenvalue weighted by molar-refractivity contribution is -0.199. The van der Waals surface area contributed by atoms with Gasteiger partial charge in [0.15, 0.2) is 0 Å². The molecule has 0 aromatic heterocycles. The van der Waals surface area contributed by atoms with Crippen molar-refractivity contribution >= 4 is 13.1 Å². The first-order chi connectivity index (χ1) is 14.4. The van der Waals surface area contributed by atoms with Crippen molar-refractivity contribution < 1.29 is 23.6 Å². The number of carbonyl (C=O) groups excluding carboxylic acids is 1. The number of esters is 1. The van der Waals surface area contributed by atoms with Crippen LogP contribution in [-0.4, -0.2) is 43.4 Å². The lowest BCUT2D eigenvalue weighted by atomic mass is 9.43. The number of rotatable bonds is 5. The molecule has 1 aliphatic heterocycles. The number of para-hydroxylation sites is 1. The Balaban J connectivity index is 1.50. The fourth-order valence-electron chi connectivity index (χ4n) is 5.91. The molecule has 1 heterocycles. The van der Waals surface area contributed by atoms with Crippen LogP contribution in [0.3, 0.4) is 0 Å². The minimum Gasteiger partial charge on any atom is -0.496 e. The van der Waals surface area contributed by atoms with Gasteiger partial charge in [-0.25, -0.2) is 4.79 Å². The highest BCUT2D eigenvalue weighted by molar-refractivity contribution is 6.47. The molecule has 2 N–H and O–H groups in total. The van der Waals surface area contributed by atoms with E-state index in [2.05, 4.69) is 20.8 Å². The van der Waals surface area contributed by atoms with Crippen molar-refractivity contribution in [3.05, 3.63) is 29.3 Å². The summed E-state index contributed by atoms with van der Waals surface area (Å²) >= 11 is 0. The SMILES string of the molecule is COc1c(CC(N)B2O[C@@H]3C[C@@H]4C[C@@H](C4(C)C)[C@]3(C)O2)cccc1C(=O)OC(C)(C)C. The number of hydrogen-bond donors (Lipinski definition) is 1. The van der Waals surface area contributed by atoms with Gasteiger partial charge in [-0.05, 0) is 75.8 Å². The molecule has 3 saturated carbocycles. The van der Waals surface area contributed by atoms with E-state index in [4.69, 9.17) is 24.5 Å². The molecular weight excluding hydrogens is 393 g/mol. The summed E-state index contributed by atoms with van der Waals surface area (Å²) in [4.78, 5) is 12.7. The molecule has 5 rings (SSSR count). The van der Waals surface area contributed by atoms with E-state index in [-0.39, 0.29) is 17.6 Å². The lowest BCUT2D eigenvalue weighted by Gasteiger charge is -2.64. The van der Waals surface area contributed by atoms with Gasteiger partial charge >= 0.3 is 13.1 Å². The molecule has 5 atom stereocenters. The number of hydrogen-bond acceptors (Lipinski definition) is 6. The highest BCUT2D eigenvalue weighted by Crippen LogP contribution is 2.65. The van der Waals surface area contributed by atoms with Gasteiger partial charge in [0.2, 0.25) is 0 Å². The Morgan fingerprint density at radius 1 is 1.29 bits per heavy atom. The van der Waals surface area contributed by atoms with Gasteiger partial charge in [0.25, 0.3) is 0 Å². The quantitative estimate of drug-likeness (QED) is 0.567. The molecule has 170 valence electrons. The summed E-state index contributed by atoms with van der Waals surface area (Å²) in [5, 5.41) is 0. The van der Waals surface area contributed by atoms with Gasteiger partial charge in [-0.1, -0.05) is 26.0 Å². The fraction of sp³-hybridized carbons (Fsp3) is 0.708. The van der Waals surface area contributed by atoms with Crippen molar-refractivity contribution in [2.45, 2.75) is 84.1 Å². The Kier molecular flexibility index (Phi) is 5.47. The van der Waals surface area contributed by atoms with Crippen LogP contribution in [0, 0.1) is 17.3 Å². The summed E-state index contributed by atoms with van der Waals surface area (Å²) in [6.45, 7) is 12.4. The van der Waals surface area contributed by atoms with Crippen LogP contribution in [0.25, 0.3) is 0 Å². The predicted octanol–water partition coefficient (Wildman–Crippen LogP) is 3.79. The Morgan fingerprint density at radius 3 is 2.61 bits per heavy atom. The summed E-state index contributed by atoms with van der Waals surface area (Å²) in [5.74, 6) is 0.905. The molecule has 3 aliphatic carbocycles. The van der Waals surface area contributed by atoms with Gasteiger partial charge in [-0.3, -0.25) is 0 Å². The first kappa shape index (κ1) is 22.6. The maximum atomic E-state index is 12.7. The number of carbonyl (C=O) groups is 1. The topological polar surface area (TPSA) is 80.0 Å². The molecule has 0 spiro atoms. The van der Waals surface area contributed by atoms with Crippen LogP contribution < -0.4 is 10.5 Å². The van der Waals surface area contributed by atoms with Gasteiger partial charge in [0.1, 0.15) is 16.9 Å². The Labute approximate surface area is 186 Å². The molecule has 1 aromatic carbocycles. The second-order valence-electron chi connectivity index (χ2n) is 11.2. The molecule has 0 amide bonds. The Bertz CT molecular complexity index is 866. The zero-order chi connectivity index (χ0) is 22.8. The second-order valence-corrected chi connectivity index (χ2v) is 11.2. The predicted molar refractivity (Wildman–Crippen MR) is 120 cm³/mol.